The number of aliphatic hydroxyl groups excluding tert-OH is 1. The van der Waals surface area contributed by atoms with Gasteiger partial charge in [0, 0.05) is 6.42 Å². The Morgan fingerprint density at radius 3 is 1.28 bits per heavy atom. The first-order chi connectivity index (χ1) is 35.0. The van der Waals surface area contributed by atoms with Gasteiger partial charge in [0.25, 0.3) is 7.82 Å². The average molecular weight is 1030 g/mol. The Kier molecular flexibility index (Phi) is 51.3. The van der Waals surface area contributed by atoms with Crippen molar-refractivity contribution in [1.82, 2.24) is 5.32 Å². The second-order valence-corrected chi connectivity index (χ2v) is 22.4. The van der Waals surface area contributed by atoms with E-state index in [-0.39, 0.29) is 18.9 Å². The van der Waals surface area contributed by atoms with Crippen LogP contribution < -0.4 is 10.2 Å². The summed E-state index contributed by atoms with van der Waals surface area (Å²) < 4.78 is 23.3. The highest BCUT2D eigenvalue weighted by Gasteiger charge is 2.23. The fourth-order valence-electron chi connectivity index (χ4n) is 8.19. The molecule has 0 radical (unpaired) electrons. The van der Waals surface area contributed by atoms with Gasteiger partial charge in [-0.3, -0.25) is 9.36 Å². The van der Waals surface area contributed by atoms with Crippen LogP contribution in [-0.4, -0.2) is 68.5 Å². The monoisotopic (exact) mass is 1020 g/mol. The highest BCUT2D eigenvalue weighted by Crippen LogP contribution is 2.38. The number of carbonyl (C=O) groups excluding carboxylic acids is 1. The maximum Gasteiger partial charge on any atom is 0.268 e. The number of aliphatic hydroxyl groups is 1. The van der Waals surface area contributed by atoms with Gasteiger partial charge in [0.05, 0.1) is 39.9 Å². The fraction of sp³-hybridized carbons (Fsp3) is 0.730. The lowest BCUT2D eigenvalue weighted by atomic mass is 10.0. The molecule has 0 aliphatic carbocycles. The van der Waals surface area contributed by atoms with E-state index in [1.165, 1.54) is 161 Å². The molecule has 0 heterocycles. The molecule has 0 aromatic rings. The van der Waals surface area contributed by atoms with Crippen LogP contribution in [0.15, 0.2) is 97.2 Å². The van der Waals surface area contributed by atoms with E-state index in [9.17, 15) is 19.4 Å². The van der Waals surface area contributed by atoms with Gasteiger partial charge >= 0.3 is 0 Å². The number of phosphoric acid groups is 1. The van der Waals surface area contributed by atoms with Crippen LogP contribution in [0, 0.1) is 0 Å². The summed E-state index contributed by atoms with van der Waals surface area (Å²) in [5.41, 5.74) is 0. The number of phosphoric ester groups is 1. The van der Waals surface area contributed by atoms with Crippen molar-refractivity contribution >= 4 is 13.7 Å². The Morgan fingerprint density at radius 1 is 0.500 bits per heavy atom. The van der Waals surface area contributed by atoms with Crippen molar-refractivity contribution in [2.24, 2.45) is 0 Å². The topological polar surface area (TPSA) is 108 Å². The van der Waals surface area contributed by atoms with Crippen molar-refractivity contribution in [3.05, 3.63) is 97.2 Å². The van der Waals surface area contributed by atoms with E-state index in [0.717, 1.165) is 57.8 Å². The number of rotatable bonds is 53. The van der Waals surface area contributed by atoms with Gasteiger partial charge in [0.2, 0.25) is 5.91 Å². The summed E-state index contributed by atoms with van der Waals surface area (Å²) in [5, 5.41) is 13.8. The Labute approximate surface area is 445 Å². The second kappa shape index (κ2) is 53.3. The van der Waals surface area contributed by atoms with Gasteiger partial charge in [-0.1, -0.05) is 265 Å². The molecule has 2 N–H and O–H groups in total. The maximum atomic E-state index is 12.9. The molecule has 0 saturated heterocycles. The third kappa shape index (κ3) is 55.2. The van der Waals surface area contributed by atoms with Crippen LogP contribution in [0.2, 0.25) is 0 Å². The van der Waals surface area contributed by atoms with Crippen molar-refractivity contribution in [2.45, 2.75) is 257 Å². The normalized spacial score (nSPS) is 14.6. The number of hydrogen-bond donors (Lipinski definition) is 2. The van der Waals surface area contributed by atoms with Gasteiger partial charge < -0.3 is 28.8 Å². The molecule has 3 unspecified atom stereocenters. The quantitative estimate of drug-likeness (QED) is 0.0272. The number of carbonyl (C=O) groups is 1. The molecule has 1 amide bonds. The molecule has 416 valence electrons. The Balaban J connectivity index is 4.27. The zero-order valence-corrected chi connectivity index (χ0v) is 48.2. The minimum atomic E-state index is -4.63. The Morgan fingerprint density at radius 2 is 0.861 bits per heavy atom. The molecule has 0 spiro atoms. The van der Waals surface area contributed by atoms with E-state index >= 15 is 0 Å². The first kappa shape index (κ1) is 69.4. The largest absolute Gasteiger partial charge is 0.756 e. The molecule has 72 heavy (non-hydrogen) atoms. The molecule has 0 aliphatic heterocycles. The third-order valence-corrected chi connectivity index (χ3v) is 13.8. The van der Waals surface area contributed by atoms with Gasteiger partial charge in [-0.05, 0) is 70.6 Å². The van der Waals surface area contributed by atoms with Gasteiger partial charge in [-0.15, -0.1) is 0 Å². The molecule has 8 nitrogen and oxygen atoms in total. The number of quaternary nitrogens is 1. The van der Waals surface area contributed by atoms with Crippen LogP contribution in [0.5, 0.6) is 0 Å². The zero-order chi connectivity index (χ0) is 52.7. The predicted octanol–water partition coefficient (Wildman–Crippen LogP) is 17.6. The molecule has 0 aliphatic rings. The number of likely N-dealkylation sites (N-methyl/N-ethyl adjacent to an activating group) is 1. The predicted molar refractivity (Wildman–Crippen MR) is 311 cm³/mol. The average Bonchev–Trinajstić information content (AvgIpc) is 3.34. The molecule has 0 aromatic heterocycles. The third-order valence-electron chi connectivity index (χ3n) is 12.8. The summed E-state index contributed by atoms with van der Waals surface area (Å²) in [6.07, 6.45) is 76.7. The SMILES string of the molecule is CC/C=C\C/C=C\C/C=C\C/C=C\C/C=C\C/C=C\CCC(=O)NC(COP(=O)([O-])OCC[N+](C)(C)C)C(O)/C=C/CC/C=C/CCCCCCCCCCCCCCCCCCCCCCCCCCC. The molecule has 0 aromatic carbocycles. The van der Waals surface area contributed by atoms with Gasteiger partial charge in [-0.25, -0.2) is 0 Å². The summed E-state index contributed by atoms with van der Waals surface area (Å²) in [6, 6.07) is -0.951. The van der Waals surface area contributed by atoms with Crippen molar-refractivity contribution in [1.29, 1.82) is 0 Å². The number of unbranched alkanes of at least 4 members (excludes halogenated alkanes) is 26. The van der Waals surface area contributed by atoms with E-state index in [2.05, 4.69) is 92.1 Å². The van der Waals surface area contributed by atoms with Crippen LogP contribution >= 0.6 is 7.82 Å². The molecule has 0 fully saturated rings. The lowest BCUT2D eigenvalue weighted by molar-refractivity contribution is -0.870. The Hall–Kier alpha value is -2.58. The van der Waals surface area contributed by atoms with Crippen LogP contribution in [0.1, 0.15) is 245 Å². The van der Waals surface area contributed by atoms with Crippen LogP contribution in [0.3, 0.4) is 0 Å². The van der Waals surface area contributed by atoms with Gasteiger partial charge in [-0.2, -0.15) is 0 Å². The molecule has 9 heteroatoms. The number of nitrogens with zero attached hydrogens (tertiary/aromatic N) is 1. The van der Waals surface area contributed by atoms with Gasteiger partial charge in [0.1, 0.15) is 13.2 Å². The molecule has 0 bridgehead atoms. The minimum Gasteiger partial charge on any atom is -0.756 e. The van der Waals surface area contributed by atoms with E-state index < -0.39 is 26.6 Å². The highest BCUT2D eigenvalue weighted by atomic mass is 31.2. The number of hydrogen-bond acceptors (Lipinski definition) is 6. The summed E-state index contributed by atoms with van der Waals surface area (Å²) in [7, 11) is 1.19. The fourth-order valence-corrected chi connectivity index (χ4v) is 8.92. The van der Waals surface area contributed by atoms with E-state index in [0.29, 0.717) is 17.4 Å². The number of nitrogens with one attached hydrogen (secondary N) is 1. The maximum absolute atomic E-state index is 12.9. The molecule has 0 rings (SSSR count). The first-order valence-electron chi connectivity index (χ1n) is 29.6. The molecular weight excluding hydrogens is 912 g/mol. The first-order valence-corrected chi connectivity index (χ1v) is 31.1. The van der Waals surface area contributed by atoms with Crippen molar-refractivity contribution in [3.8, 4) is 0 Å². The second-order valence-electron chi connectivity index (χ2n) is 21.0. The standard InChI is InChI=1S/C63H113N2O6P/c1-6-8-10-12-14-16-18-20-22-24-26-27-28-29-30-31-32-33-34-35-36-37-39-40-42-44-46-48-50-52-54-56-62(66)61(60-71-72(68,69)70-59-58-65(3,4)5)64-63(67)57-55-53-51-49-47-45-43-41-38-25-23-21-19-17-15-13-11-9-7-2/h9,11,15,17,21,23,38,41,45-48,51,53-54,56,61-62,66H,6-8,10,12-14,16,18-20,22,24-37,39-40,42-44,49-50,52,55,57-60H2,1-5H3,(H-,64,67,68,69)/b11-9-,17-15-,23-21-,41-38-,47-45-,48-46+,53-51-,56-54+. The van der Waals surface area contributed by atoms with Crippen molar-refractivity contribution < 1.29 is 32.9 Å². The minimum absolute atomic E-state index is 0.0249. The van der Waals surface area contributed by atoms with Crippen molar-refractivity contribution in [2.75, 3.05) is 40.9 Å². The number of allylic oxidation sites excluding steroid dienone is 15. The Bertz CT molecular complexity index is 1490. The lowest BCUT2D eigenvalue weighted by Crippen LogP contribution is -2.45. The van der Waals surface area contributed by atoms with Crippen molar-refractivity contribution in [3.63, 3.8) is 0 Å². The van der Waals surface area contributed by atoms with Crippen LogP contribution in [0.4, 0.5) is 0 Å². The van der Waals surface area contributed by atoms with E-state index in [1.54, 1.807) is 6.08 Å². The van der Waals surface area contributed by atoms with Crippen LogP contribution in [-0.2, 0) is 18.4 Å². The smallest absolute Gasteiger partial charge is 0.268 e. The number of amides is 1. The lowest BCUT2D eigenvalue weighted by Gasteiger charge is -2.29. The van der Waals surface area contributed by atoms with E-state index in [1.807, 2.05) is 39.4 Å². The summed E-state index contributed by atoms with van der Waals surface area (Å²) in [5.74, 6) is -0.291. The summed E-state index contributed by atoms with van der Waals surface area (Å²) in [4.78, 5) is 25.4. The zero-order valence-electron chi connectivity index (χ0n) is 47.4. The van der Waals surface area contributed by atoms with Gasteiger partial charge in [0.15, 0.2) is 0 Å². The molecular formula is C63H113N2O6P. The van der Waals surface area contributed by atoms with E-state index in [4.69, 9.17) is 9.05 Å². The summed E-state index contributed by atoms with van der Waals surface area (Å²) in [6.45, 7) is 4.46. The molecule has 0 saturated carbocycles. The van der Waals surface area contributed by atoms with Crippen LogP contribution in [0.25, 0.3) is 0 Å². The highest BCUT2D eigenvalue weighted by molar-refractivity contribution is 7.45. The molecule has 3 atom stereocenters. The summed E-state index contributed by atoms with van der Waals surface area (Å²) >= 11 is 0.